The zero-order valence-corrected chi connectivity index (χ0v) is 36.2. The Hall–Kier alpha value is -1.71. The van der Waals surface area contributed by atoms with E-state index in [0.717, 1.165) is 38.5 Å². The van der Waals surface area contributed by atoms with Crippen LogP contribution in [0.5, 0.6) is 0 Å². The molecule has 9 nitrogen and oxygen atoms in total. The van der Waals surface area contributed by atoms with Crippen LogP contribution in [0.4, 0.5) is 0 Å². The number of carbonyl (C=O) groups is 3. The zero-order chi connectivity index (χ0) is 40.0. The minimum atomic E-state index is -1.50. The third-order valence-corrected chi connectivity index (χ3v) is 10.1. The number of carboxylic acid groups (broad SMARTS) is 1. The van der Waals surface area contributed by atoms with E-state index in [1.165, 1.54) is 148 Å². The molecule has 0 aromatic rings. The van der Waals surface area contributed by atoms with Gasteiger partial charge in [-0.1, -0.05) is 187 Å². The fourth-order valence-electron chi connectivity index (χ4n) is 6.54. The Bertz CT molecular complexity index is 861. The summed E-state index contributed by atoms with van der Waals surface area (Å²) in [5, 5.41) is 9.60. The van der Waals surface area contributed by atoms with Crippen LogP contribution in [-0.2, 0) is 33.3 Å². The summed E-state index contributed by atoms with van der Waals surface area (Å²) in [4.78, 5) is 36.9. The van der Waals surface area contributed by atoms with Crippen molar-refractivity contribution in [2.24, 2.45) is 0 Å². The van der Waals surface area contributed by atoms with E-state index < -0.39 is 24.3 Å². The van der Waals surface area contributed by atoms with Gasteiger partial charge in [-0.2, -0.15) is 0 Å². The molecule has 0 heterocycles. The standard InChI is InChI=1S/C45H87NO8/c1-6-8-10-12-14-16-17-18-19-20-21-22-23-24-25-26-27-28-30-32-34-36-43(48)54-41(40-53-45(44(49)50)51-38-37-46(3,4)5)39-52-42(47)35-33-31-29-15-13-11-9-7-2/h41,45H,6-40H2,1-5H3/p+1. The second kappa shape index (κ2) is 38.2. The van der Waals surface area contributed by atoms with Gasteiger partial charge in [0.2, 0.25) is 0 Å². The van der Waals surface area contributed by atoms with E-state index in [2.05, 4.69) is 13.8 Å². The Labute approximate surface area is 332 Å². The van der Waals surface area contributed by atoms with Crippen LogP contribution in [0.25, 0.3) is 0 Å². The first-order valence-corrected chi connectivity index (χ1v) is 22.7. The molecular formula is C45H88NO8+. The third-order valence-electron chi connectivity index (χ3n) is 10.1. The lowest BCUT2D eigenvalue weighted by Gasteiger charge is -2.25. The Morgan fingerprint density at radius 1 is 0.481 bits per heavy atom. The SMILES string of the molecule is CCCCCCCCCCCCCCCCCCCCCCCC(=O)OC(COC(=O)CCCCCCCCCC)COC(OCC[N+](C)(C)C)C(=O)O. The summed E-state index contributed by atoms with van der Waals surface area (Å²) < 4.78 is 22.7. The summed E-state index contributed by atoms with van der Waals surface area (Å²) >= 11 is 0. The lowest BCUT2D eigenvalue weighted by molar-refractivity contribution is -0.870. The summed E-state index contributed by atoms with van der Waals surface area (Å²) in [6.45, 7) is 4.87. The lowest BCUT2D eigenvalue weighted by atomic mass is 10.0. The molecule has 0 aromatic heterocycles. The Balaban J connectivity index is 4.24. The molecule has 0 aliphatic rings. The summed E-state index contributed by atoms with van der Waals surface area (Å²) in [5.41, 5.74) is 0. The van der Waals surface area contributed by atoms with Crippen LogP contribution >= 0.6 is 0 Å². The molecule has 0 aliphatic heterocycles. The van der Waals surface area contributed by atoms with E-state index in [9.17, 15) is 19.5 Å². The molecule has 2 atom stereocenters. The van der Waals surface area contributed by atoms with Gasteiger partial charge in [0.15, 0.2) is 6.10 Å². The van der Waals surface area contributed by atoms with Crippen molar-refractivity contribution in [2.75, 3.05) is 47.5 Å². The molecule has 9 heteroatoms. The van der Waals surface area contributed by atoms with Crippen LogP contribution in [0.2, 0.25) is 0 Å². The molecule has 0 rings (SSSR count). The highest BCUT2D eigenvalue weighted by molar-refractivity contribution is 5.71. The second-order valence-electron chi connectivity index (χ2n) is 16.7. The zero-order valence-electron chi connectivity index (χ0n) is 36.2. The van der Waals surface area contributed by atoms with Crippen LogP contribution in [0.1, 0.15) is 213 Å². The number of rotatable bonds is 42. The van der Waals surface area contributed by atoms with Crippen LogP contribution in [0.15, 0.2) is 0 Å². The highest BCUT2D eigenvalue weighted by Crippen LogP contribution is 2.16. The molecule has 0 bridgehead atoms. The molecule has 0 saturated carbocycles. The van der Waals surface area contributed by atoms with Gasteiger partial charge in [-0.3, -0.25) is 9.59 Å². The van der Waals surface area contributed by atoms with Gasteiger partial charge in [-0.15, -0.1) is 0 Å². The lowest BCUT2D eigenvalue weighted by Crippen LogP contribution is -2.40. The number of carboxylic acids is 1. The maximum atomic E-state index is 12.7. The maximum absolute atomic E-state index is 12.7. The quantitative estimate of drug-likeness (QED) is 0.0283. The summed E-state index contributed by atoms with van der Waals surface area (Å²) in [6, 6.07) is 0. The Morgan fingerprint density at radius 2 is 0.833 bits per heavy atom. The molecule has 0 amide bonds. The van der Waals surface area contributed by atoms with Gasteiger partial charge in [0.05, 0.1) is 34.4 Å². The first-order chi connectivity index (χ1) is 26.1. The van der Waals surface area contributed by atoms with E-state index in [-0.39, 0.29) is 32.2 Å². The molecule has 54 heavy (non-hydrogen) atoms. The number of ether oxygens (including phenoxy) is 4. The maximum Gasteiger partial charge on any atom is 0.361 e. The van der Waals surface area contributed by atoms with Crippen LogP contribution in [0.3, 0.4) is 0 Å². The average Bonchev–Trinajstić information content (AvgIpc) is 3.12. The highest BCUT2D eigenvalue weighted by Gasteiger charge is 2.25. The first kappa shape index (κ1) is 52.3. The van der Waals surface area contributed by atoms with Gasteiger partial charge in [-0.05, 0) is 12.8 Å². The largest absolute Gasteiger partial charge is 0.477 e. The third kappa shape index (κ3) is 38.6. The number of hydrogen-bond acceptors (Lipinski definition) is 7. The van der Waals surface area contributed by atoms with Crippen LogP contribution in [0, 0.1) is 0 Å². The number of carbonyl (C=O) groups excluding carboxylic acids is 2. The van der Waals surface area contributed by atoms with Crippen LogP contribution in [-0.4, -0.2) is 87.4 Å². The number of aliphatic carboxylic acids is 1. The summed E-state index contributed by atoms with van der Waals surface area (Å²) in [6.07, 6.45) is 34.6. The number of unbranched alkanes of at least 4 members (excludes halogenated alkanes) is 27. The monoisotopic (exact) mass is 771 g/mol. The summed E-state index contributed by atoms with van der Waals surface area (Å²) in [5.74, 6) is -1.99. The van der Waals surface area contributed by atoms with Gasteiger partial charge >= 0.3 is 17.9 Å². The molecule has 0 spiro atoms. The number of quaternary nitrogens is 1. The predicted octanol–water partition coefficient (Wildman–Crippen LogP) is 11.7. The van der Waals surface area contributed by atoms with Crippen molar-refractivity contribution in [3.63, 3.8) is 0 Å². The van der Waals surface area contributed by atoms with Crippen molar-refractivity contribution in [2.45, 2.75) is 225 Å². The second-order valence-corrected chi connectivity index (χ2v) is 16.7. The normalized spacial score (nSPS) is 12.8. The molecule has 320 valence electrons. The van der Waals surface area contributed by atoms with Crippen molar-refractivity contribution in [3.05, 3.63) is 0 Å². The fraction of sp³-hybridized carbons (Fsp3) is 0.933. The first-order valence-electron chi connectivity index (χ1n) is 22.7. The van der Waals surface area contributed by atoms with E-state index in [1.54, 1.807) is 0 Å². The number of hydrogen-bond donors (Lipinski definition) is 1. The smallest absolute Gasteiger partial charge is 0.361 e. The average molecular weight is 771 g/mol. The molecule has 0 radical (unpaired) electrons. The fourth-order valence-corrected chi connectivity index (χ4v) is 6.54. The number of esters is 2. The molecule has 0 fully saturated rings. The minimum Gasteiger partial charge on any atom is -0.477 e. The number of nitrogens with zero attached hydrogens (tertiary/aromatic N) is 1. The topological polar surface area (TPSA) is 108 Å². The Kier molecular flexibility index (Phi) is 37.0. The Morgan fingerprint density at radius 3 is 1.19 bits per heavy atom. The van der Waals surface area contributed by atoms with E-state index >= 15 is 0 Å². The van der Waals surface area contributed by atoms with Crippen molar-refractivity contribution >= 4 is 17.9 Å². The molecular weight excluding hydrogens is 682 g/mol. The molecule has 0 saturated heterocycles. The summed E-state index contributed by atoms with van der Waals surface area (Å²) in [7, 11) is 5.96. The van der Waals surface area contributed by atoms with Crippen molar-refractivity contribution in [1.29, 1.82) is 0 Å². The van der Waals surface area contributed by atoms with Gasteiger partial charge in [-0.25, -0.2) is 4.79 Å². The highest BCUT2D eigenvalue weighted by atomic mass is 16.7. The van der Waals surface area contributed by atoms with Crippen LogP contribution < -0.4 is 0 Å². The van der Waals surface area contributed by atoms with Crippen molar-refractivity contribution in [3.8, 4) is 0 Å². The van der Waals surface area contributed by atoms with Crippen molar-refractivity contribution in [1.82, 2.24) is 0 Å². The van der Waals surface area contributed by atoms with Gasteiger partial charge in [0, 0.05) is 12.8 Å². The van der Waals surface area contributed by atoms with E-state index in [4.69, 9.17) is 18.9 Å². The van der Waals surface area contributed by atoms with E-state index in [0.29, 0.717) is 17.4 Å². The van der Waals surface area contributed by atoms with Gasteiger partial charge in [0.25, 0.3) is 6.29 Å². The molecule has 0 aliphatic carbocycles. The predicted molar refractivity (Wildman–Crippen MR) is 222 cm³/mol. The number of likely N-dealkylation sites (N-methyl/N-ethyl adjacent to an activating group) is 1. The minimum absolute atomic E-state index is 0.174. The molecule has 0 aromatic carbocycles. The molecule has 1 N–H and O–H groups in total. The van der Waals surface area contributed by atoms with Crippen molar-refractivity contribution < 1.29 is 42.9 Å². The molecule has 2 unspecified atom stereocenters. The van der Waals surface area contributed by atoms with Gasteiger partial charge < -0.3 is 28.5 Å². The van der Waals surface area contributed by atoms with Gasteiger partial charge in [0.1, 0.15) is 13.2 Å². The van der Waals surface area contributed by atoms with E-state index in [1.807, 2.05) is 21.1 Å².